The average Bonchev–Trinajstić information content (AvgIpc) is 3.26. The Bertz CT molecular complexity index is 1180. The molecular formula is C21H14BrN3O. The molecule has 0 aliphatic rings. The van der Waals surface area contributed by atoms with Crippen LogP contribution in [0.25, 0.3) is 34.0 Å². The molecule has 4 aromatic rings. The van der Waals surface area contributed by atoms with Crippen molar-refractivity contribution in [1.29, 1.82) is 5.26 Å². The summed E-state index contributed by atoms with van der Waals surface area (Å²) in [5.74, 6) is 1.87. The second-order valence-electron chi connectivity index (χ2n) is 5.96. The predicted molar refractivity (Wildman–Crippen MR) is 106 cm³/mol. The maximum absolute atomic E-state index is 9.56. The Hall–Kier alpha value is -3.10. The summed E-state index contributed by atoms with van der Waals surface area (Å²) in [7, 11) is 0. The van der Waals surface area contributed by atoms with E-state index in [0.29, 0.717) is 17.2 Å². The summed E-state index contributed by atoms with van der Waals surface area (Å²) in [6.45, 7) is 2.02. The van der Waals surface area contributed by atoms with Crippen LogP contribution in [0, 0.1) is 18.3 Å². The lowest BCUT2D eigenvalue weighted by molar-refractivity contribution is 0.571. The molecule has 4 rings (SSSR count). The number of imidazole rings is 1. The van der Waals surface area contributed by atoms with Crippen LogP contribution in [0.4, 0.5) is 0 Å². The molecule has 0 amide bonds. The Balaban J connectivity index is 1.72. The van der Waals surface area contributed by atoms with Crippen LogP contribution < -0.4 is 0 Å². The third-order valence-electron chi connectivity index (χ3n) is 4.07. The van der Waals surface area contributed by atoms with Gasteiger partial charge in [0.25, 0.3) is 0 Å². The third-order valence-corrected chi connectivity index (χ3v) is 4.76. The highest BCUT2D eigenvalue weighted by Gasteiger charge is 2.11. The van der Waals surface area contributed by atoms with Gasteiger partial charge in [-0.05, 0) is 42.8 Å². The van der Waals surface area contributed by atoms with Crippen LogP contribution in [0.1, 0.15) is 17.1 Å². The lowest BCUT2D eigenvalue weighted by atomic mass is 10.2. The first-order chi connectivity index (χ1) is 12.6. The topological polar surface area (TPSA) is 65.6 Å². The van der Waals surface area contributed by atoms with E-state index in [4.69, 9.17) is 4.42 Å². The molecule has 0 fully saturated rings. The van der Waals surface area contributed by atoms with Crippen LogP contribution in [0.15, 0.2) is 63.5 Å². The largest absolute Gasteiger partial charge is 0.457 e. The normalized spacial score (nSPS) is 11.7. The Kier molecular flexibility index (Phi) is 4.19. The second kappa shape index (κ2) is 6.66. The molecule has 0 aliphatic carbocycles. The van der Waals surface area contributed by atoms with Crippen LogP contribution in [0.5, 0.6) is 0 Å². The Morgan fingerprint density at radius 3 is 2.85 bits per heavy atom. The van der Waals surface area contributed by atoms with Gasteiger partial charge in [-0.25, -0.2) is 4.98 Å². The number of halogens is 1. The lowest BCUT2D eigenvalue weighted by Gasteiger charge is -1.99. The first-order valence-corrected chi connectivity index (χ1v) is 8.86. The molecule has 0 unspecified atom stereocenters. The van der Waals surface area contributed by atoms with E-state index in [1.54, 1.807) is 6.08 Å². The molecule has 0 bridgehead atoms. The van der Waals surface area contributed by atoms with Gasteiger partial charge in [-0.1, -0.05) is 40.2 Å². The highest BCUT2D eigenvalue weighted by atomic mass is 79.9. The fourth-order valence-corrected chi connectivity index (χ4v) is 3.26. The van der Waals surface area contributed by atoms with Crippen molar-refractivity contribution in [2.24, 2.45) is 0 Å². The molecule has 0 atom stereocenters. The molecular weight excluding hydrogens is 390 g/mol. The molecule has 4 nitrogen and oxygen atoms in total. The molecule has 2 heterocycles. The fourth-order valence-electron chi connectivity index (χ4n) is 2.78. The standard InChI is InChI=1S/C21H14BrN3O/c1-13-6-8-18-19(10-13)25-21(24-18)14(12-23)11-15-7-9-20(26-15)16-4-2-3-5-17(16)22/h2-11H,1H3,(H,24,25). The zero-order chi connectivity index (χ0) is 18.1. The minimum absolute atomic E-state index is 0.423. The highest BCUT2D eigenvalue weighted by molar-refractivity contribution is 9.10. The van der Waals surface area contributed by atoms with Crippen molar-refractivity contribution in [2.45, 2.75) is 6.92 Å². The lowest BCUT2D eigenvalue weighted by Crippen LogP contribution is -1.84. The maximum Gasteiger partial charge on any atom is 0.149 e. The quantitative estimate of drug-likeness (QED) is 0.429. The Morgan fingerprint density at radius 2 is 2.04 bits per heavy atom. The predicted octanol–water partition coefficient (Wildman–Crippen LogP) is 5.96. The number of benzene rings is 2. The average molecular weight is 404 g/mol. The molecule has 0 saturated heterocycles. The van der Waals surface area contributed by atoms with E-state index in [0.717, 1.165) is 32.4 Å². The van der Waals surface area contributed by atoms with Crippen LogP contribution in [0.2, 0.25) is 0 Å². The van der Waals surface area contributed by atoms with Crippen LogP contribution in [-0.2, 0) is 0 Å². The monoisotopic (exact) mass is 403 g/mol. The first-order valence-electron chi connectivity index (χ1n) is 8.07. The van der Waals surface area contributed by atoms with Gasteiger partial charge in [0.15, 0.2) is 0 Å². The number of allylic oxidation sites excluding steroid dienone is 1. The van der Waals surface area contributed by atoms with Gasteiger partial charge in [0.05, 0.1) is 16.6 Å². The van der Waals surface area contributed by atoms with Gasteiger partial charge in [-0.3, -0.25) is 0 Å². The number of aryl methyl sites for hydroxylation is 1. The van der Waals surface area contributed by atoms with E-state index in [2.05, 4.69) is 32.0 Å². The zero-order valence-electron chi connectivity index (χ0n) is 14.0. The minimum Gasteiger partial charge on any atom is -0.457 e. The number of aromatic nitrogens is 2. The molecule has 0 spiro atoms. The van der Waals surface area contributed by atoms with Gasteiger partial charge in [0, 0.05) is 16.1 Å². The summed E-state index contributed by atoms with van der Waals surface area (Å²) < 4.78 is 6.85. The number of H-pyrrole nitrogens is 1. The van der Waals surface area contributed by atoms with E-state index < -0.39 is 0 Å². The van der Waals surface area contributed by atoms with Crippen LogP contribution in [-0.4, -0.2) is 9.97 Å². The Labute approximate surface area is 158 Å². The van der Waals surface area contributed by atoms with Gasteiger partial charge in [0.1, 0.15) is 23.4 Å². The first kappa shape index (κ1) is 16.4. The fraction of sp³-hybridized carbons (Fsp3) is 0.0476. The number of aromatic amines is 1. The summed E-state index contributed by atoms with van der Waals surface area (Å²) in [4.78, 5) is 7.71. The van der Waals surface area contributed by atoms with E-state index in [1.807, 2.05) is 61.5 Å². The number of nitrogens with one attached hydrogen (secondary N) is 1. The number of hydrogen-bond donors (Lipinski definition) is 1. The number of rotatable bonds is 3. The van der Waals surface area contributed by atoms with E-state index in [9.17, 15) is 5.26 Å². The molecule has 0 saturated carbocycles. The molecule has 0 aliphatic heterocycles. The third kappa shape index (κ3) is 3.07. The van der Waals surface area contributed by atoms with Gasteiger partial charge in [-0.15, -0.1) is 0 Å². The summed E-state index contributed by atoms with van der Waals surface area (Å²) in [6.07, 6.45) is 1.70. The zero-order valence-corrected chi connectivity index (χ0v) is 15.5. The van der Waals surface area contributed by atoms with Crippen molar-refractivity contribution in [3.63, 3.8) is 0 Å². The molecule has 126 valence electrons. The van der Waals surface area contributed by atoms with E-state index in [1.165, 1.54) is 0 Å². The molecule has 5 heteroatoms. The van der Waals surface area contributed by atoms with Crippen molar-refractivity contribution in [3.8, 4) is 17.4 Å². The van der Waals surface area contributed by atoms with Crippen LogP contribution >= 0.6 is 15.9 Å². The van der Waals surface area contributed by atoms with Crippen molar-refractivity contribution in [1.82, 2.24) is 9.97 Å². The van der Waals surface area contributed by atoms with E-state index >= 15 is 0 Å². The van der Waals surface area contributed by atoms with Crippen molar-refractivity contribution >= 4 is 38.6 Å². The Morgan fingerprint density at radius 1 is 1.19 bits per heavy atom. The number of fused-ring (bicyclic) bond motifs is 1. The summed E-state index contributed by atoms with van der Waals surface area (Å²) in [5.41, 5.74) is 4.27. The number of nitrogens with zero attached hydrogens (tertiary/aromatic N) is 2. The number of nitriles is 1. The maximum atomic E-state index is 9.56. The summed E-state index contributed by atoms with van der Waals surface area (Å²) in [6, 6.07) is 19.7. The minimum atomic E-state index is 0.423. The summed E-state index contributed by atoms with van der Waals surface area (Å²) >= 11 is 3.53. The molecule has 26 heavy (non-hydrogen) atoms. The van der Waals surface area contributed by atoms with Crippen molar-refractivity contribution in [3.05, 3.63) is 76.2 Å². The van der Waals surface area contributed by atoms with Crippen LogP contribution in [0.3, 0.4) is 0 Å². The number of furan rings is 1. The van der Waals surface area contributed by atoms with Gasteiger partial charge < -0.3 is 9.40 Å². The van der Waals surface area contributed by atoms with Gasteiger partial charge >= 0.3 is 0 Å². The molecule has 0 radical (unpaired) electrons. The second-order valence-corrected chi connectivity index (χ2v) is 6.81. The SMILES string of the molecule is Cc1ccc2nc(C(C#N)=Cc3ccc(-c4ccccc4Br)o3)[nH]c2c1. The molecule has 1 N–H and O–H groups in total. The number of hydrogen-bond acceptors (Lipinski definition) is 3. The smallest absolute Gasteiger partial charge is 0.149 e. The van der Waals surface area contributed by atoms with Crippen molar-refractivity contribution in [2.75, 3.05) is 0 Å². The van der Waals surface area contributed by atoms with E-state index in [-0.39, 0.29) is 0 Å². The van der Waals surface area contributed by atoms with Gasteiger partial charge in [-0.2, -0.15) is 5.26 Å². The van der Waals surface area contributed by atoms with Gasteiger partial charge in [0.2, 0.25) is 0 Å². The highest BCUT2D eigenvalue weighted by Crippen LogP contribution is 2.30. The molecule has 2 aromatic carbocycles. The summed E-state index contributed by atoms with van der Waals surface area (Å²) in [5, 5.41) is 9.56. The van der Waals surface area contributed by atoms with Crippen molar-refractivity contribution < 1.29 is 4.42 Å². The molecule has 2 aromatic heterocycles.